The molecule has 0 bridgehead atoms. The minimum Gasteiger partial charge on any atom is -0.457 e. The van der Waals surface area contributed by atoms with E-state index in [1.54, 1.807) is 0 Å². The highest BCUT2D eigenvalue weighted by Crippen LogP contribution is 2.27. The predicted octanol–water partition coefficient (Wildman–Crippen LogP) is 4.83. The summed E-state index contributed by atoms with van der Waals surface area (Å²) in [7, 11) is 0. The van der Waals surface area contributed by atoms with Crippen molar-refractivity contribution >= 4 is 11.6 Å². The third kappa shape index (κ3) is 2.80. The van der Waals surface area contributed by atoms with Crippen LogP contribution in [0, 0.1) is 13.8 Å². The molecule has 0 aliphatic rings. The first-order valence-corrected chi connectivity index (χ1v) is 6.13. The summed E-state index contributed by atoms with van der Waals surface area (Å²) in [5, 5.41) is 0. The molecule has 2 heteroatoms. The second-order valence-corrected chi connectivity index (χ2v) is 4.35. The Labute approximate surface area is 107 Å². The molecule has 88 valence electrons. The van der Waals surface area contributed by atoms with Gasteiger partial charge in [0.05, 0.1) is 0 Å². The third-order valence-electron chi connectivity index (χ3n) is 2.84. The summed E-state index contributed by atoms with van der Waals surface area (Å²) in [5.41, 5.74) is 3.47. The first-order valence-electron chi connectivity index (χ1n) is 5.59. The standard InChI is InChI=1S/C15H15ClO/c1-11-5-3-8-15(12(11)2)17-14-7-4-6-13(9-14)10-16/h3-9H,10H2,1-2H3. The van der Waals surface area contributed by atoms with Crippen LogP contribution < -0.4 is 4.74 Å². The van der Waals surface area contributed by atoms with E-state index in [0.29, 0.717) is 5.88 Å². The number of alkyl halides is 1. The fourth-order valence-electron chi connectivity index (χ4n) is 1.65. The summed E-state index contributed by atoms with van der Waals surface area (Å²) >= 11 is 5.80. The topological polar surface area (TPSA) is 9.23 Å². The minimum absolute atomic E-state index is 0.504. The highest BCUT2D eigenvalue weighted by molar-refractivity contribution is 6.17. The number of aryl methyl sites for hydroxylation is 1. The van der Waals surface area contributed by atoms with Crippen molar-refractivity contribution in [3.63, 3.8) is 0 Å². The summed E-state index contributed by atoms with van der Waals surface area (Å²) < 4.78 is 5.87. The average Bonchev–Trinajstić information content (AvgIpc) is 2.35. The van der Waals surface area contributed by atoms with Gasteiger partial charge < -0.3 is 4.74 Å². The van der Waals surface area contributed by atoms with Crippen LogP contribution in [0.4, 0.5) is 0 Å². The van der Waals surface area contributed by atoms with Crippen LogP contribution in [0.15, 0.2) is 42.5 Å². The van der Waals surface area contributed by atoms with Crippen molar-refractivity contribution in [3.05, 3.63) is 59.2 Å². The summed E-state index contributed by atoms with van der Waals surface area (Å²) in [4.78, 5) is 0. The number of rotatable bonds is 3. The van der Waals surface area contributed by atoms with E-state index in [9.17, 15) is 0 Å². The number of hydrogen-bond donors (Lipinski definition) is 0. The fourth-order valence-corrected chi connectivity index (χ4v) is 1.82. The maximum absolute atomic E-state index is 5.87. The summed E-state index contributed by atoms with van der Waals surface area (Å²) in [6, 6.07) is 13.9. The molecule has 0 saturated carbocycles. The number of hydrogen-bond acceptors (Lipinski definition) is 1. The van der Waals surface area contributed by atoms with Crippen molar-refractivity contribution in [2.75, 3.05) is 0 Å². The monoisotopic (exact) mass is 246 g/mol. The van der Waals surface area contributed by atoms with E-state index >= 15 is 0 Å². The molecule has 1 nitrogen and oxygen atoms in total. The van der Waals surface area contributed by atoms with Crippen LogP contribution in [-0.4, -0.2) is 0 Å². The average molecular weight is 247 g/mol. The van der Waals surface area contributed by atoms with E-state index in [4.69, 9.17) is 16.3 Å². The van der Waals surface area contributed by atoms with Gasteiger partial charge in [0.15, 0.2) is 0 Å². The van der Waals surface area contributed by atoms with Gasteiger partial charge in [-0.3, -0.25) is 0 Å². The van der Waals surface area contributed by atoms with Gasteiger partial charge in [-0.1, -0.05) is 24.3 Å². The Morgan fingerprint density at radius 2 is 1.82 bits per heavy atom. The van der Waals surface area contributed by atoms with E-state index in [0.717, 1.165) is 17.1 Å². The molecule has 0 radical (unpaired) electrons. The summed E-state index contributed by atoms with van der Waals surface area (Å²) in [6.07, 6.45) is 0. The Morgan fingerprint density at radius 1 is 1.06 bits per heavy atom. The third-order valence-corrected chi connectivity index (χ3v) is 3.14. The lowest BCUT2D eigenvalue weighted by molar-refractivity contribution is 0.478. The first kappa shape index (κ1) is 12.0. The fraction of sp³-hybridized carbons (Fsp3) is 0.200. The number of benzene rings is 2. The largest absolute Gasteiger partial charge is 0.457 e. The molecule has 0 N–H and O–H groups in total. The summed E-state index contributed by atoms with van der Waals surface area (Å²) in [5.74, 6) is 2.23. The molecule has 0 saturated heterocycles. The Kier molecular flexibility index (Phi) is 3.70. The molecule has 2 rings (SSSR count). The van der Waals surface area contributed by atoms with Crippen molar-refractivity contribution in [2.24, 2.45) is 0 Å². The van der Waals surface area contributed by atoms with Crippen LogP contribution >= 0.6 is 11.6 Å². The Morgan fingerprint density at radius 3 is 2.59 bits per heavy atom. The van der Waals surface area contributed by atoms with Gasteiger partial charge in [0.2, 0.25) is 0 Å². The van der Waals surface area contributed by atoms with Gasteiger partial charge in [0.25, 0.3) is 0 Å². The van der Waals surface area contributed by atoms with Crippen LogP contribution in [0.3, 0.4) is 0 Å². The zero-order valence-corrected chi connectivity index (χ0v) is 10.8. The highest BCUT2D eigenvalue weighted by Gasteiger charge is 2.03. The molecular weight excluding hydrogens is 232 g/mol. The van der Waals surface area contributed by atoms with Crippen molar-refractivity contribution in [3.8, 4) is 11.5 Å². The smallest absolute Gasteiger partial charge is 0.130 e. The number of halogens is 1. The first-order chi connectivity index (χ1) is 8.20. The second-order valence-electron chi connectivity index (χ2n) is 4.08. The SMILES string of the molecule is Cc1cccc(Oc2cccc(CCl)c2)c1C. The molecule has 0 aliphatic carbocycles. The van der Waals surface area contributed by atoms with E-state index in [2.05, 4.69) is 19.9 Å². The van der Waals surface area contributed by atoms with Crippen molar-refractivity contribution in [1.82, 2.24) is 0 Å². The lowest BCUT2D eigenvalue weighted by Gasteiger charge is -2.11. The molecule has 0 unspecified atom stereocenters. The van der Waals surface area contributed by atoms with E-state index in [-0.39, 0.29) is 0 Å². The zero-order chi connectivity index (χ0) is 12.3. The maximum atomic E-state index is 5.87. The quantitative estimate of drug-likeness (QED) is 0.705. The molecule has 17 heavy (non-hydrogen) atoms. The van der Waals surface area contributed by atoms with Crippen LogP contribution in [-0.2, 0) is 5.88 Å². The van der Waals surface area contributed by atoms with Gasteiger partial charge in [-0.25, -0.2) is 0 Å². The Bertz CT molecular complexity index is 520. The molecule has 0 atom stereocenters. The molecule has 2 aromatic rings. The zero-order valence-electron chi connectivity index (χ0n) is 10.0. The Hall–Kier alpha value is -1.47. The van der Waals surface area contributed by atoms with Gasteiger partial charge in [-0.2, -0.15) is 0 Å². The van der Waals surface area contributed by atoms with E-state index in [1.807, 2.05) is 36.4 Å². The summed E-state index contributed by atoms with van der Waals surface area (Å²) in [6.45, 7) is 4.15. The van der Waals surface area contributed by atoms with Gasteiger partial charge in [0.1, 0.15) is 11.5 Å². The minimum atomic E-state index is 0.504. The molecular formula is C15H15ClO. The number of ether oxygens (including phenoxy) is 1. The van der Waals surface area contributed by atoms with Crippen LogP contribution in [0.25, 0.3) is 0 Å². The van der Waals surface area contributed by atoms with Crippen molar-refractivity contribution < 1.29 is 4.74 Å². The normalized spacial score (nSPS) is 10.3. The van der Waals surface area contributed by atoms with Gasteiger partial charge in [-0.05, 0) is 48.7 Å². The molecule has 0 aliphatic heterocycles. The predicted molar refractivity (Wildman–Crippen MR) is 72.0 cm³/mol. The molecule has 0 aromatic heterocycles. The van der Waals surface area contributed by atoms with Gasteiger partial charge in [0, 0.05) is 5.88 Å². The molecule has 0 amide bonds. The van der Waals surface area contributed by atoms with Crippen molar-refractivity contribution in [1.29, 1.82) is 0 Å². The molecule has 0 fully saturated rings. The Balaban J connectivity index is 2.28. The lowest BCUT2D eigenvalue weighted by atomic mass is 10.1. The van der Waals surface area contributed by atoms with Crippen molar-refractivity contribution in [2.45, 2.75) is 19.7 Å². The maximum Gasteiger partial charge on any atom is 0.130 e. The lowest BCUT2D eigenvalue weighted by Crippen LogP contribution is -1.90. The van der Waals surface area contributed by atoms with Crippen LogP contribution in [0.5, 0.6) is 11.5 Å². The van der Waals surface area contributed by atoms with E-state index in [1.165, 1.54) is 11.1 Å². The molecule has 2 aromatic carbocycles. The van der Waals surface area contributed by atoms with Crippen LogP contribution in [0.2, 0.25) is 0 Å². The van der Waals surface area contributed by atoms with Gasteiger partial charge >= 0.3 is 0 Å². The molecule has 0 heterocycles. The van der Waals surface area contributed by atoms with E-state index < -0.39 is 0 Å². The molecule has 0 spiro atoms. The van der Waals surface area contributed by atoms with Crippen LogP contribution in [0.1, 0.15) is 16.7 Å². The second kappa shape index (κ2) is 5.24. The van der Waals surface area contributed by atoms with Gasteiger partial charge in [-0.15, -0.1) is 11.6 Å². The highest BCUT2D eigenvalue weighted by atomic mass is 35.5.